The fourth-order valence-electron chi connectivity index (χ4n) is 3.57. The van der Waals surface area contributed by atoms with Crippen LogP contribution in [0.1, 0.15) is 52.0 Å². The van der Waals surface area contributed by atoms with Crippen molar-refractivity contribution < 1.29 is 19.1 Å². The van der Waals surface area contributed by atoms with Gasteiger partial charge in [0, 0.05) is 19.0 Å². The summed E-state index contributed by atoms with van der Waals surface area (Å²) < 4.78 is 10.9. The minimum atomic E-state index is -0.474. The Morgan fingerprint density at radius 3 is 2.24 bits per heavy atom. The molecule has 2 atom stereocenters. The van der Waals surface area contributed by atoms with Crippen LogP contribution in [0.5, 0.6) is 11.5 Å². The van der Waals surface area contributed by atoms with Crippen molar-refractivity contribution >= 4 is 11.8 Å². The molecule has 0 aromatic heterocycles. The molecule has 6 nitrogen and oxygen atoms in total. The molecule has 33 heavy (non-hydrogen) atoms. The van der Waals surface area contributed by atoms with Gasteiger partial charge in [-0.1, -0.05) is 44.2 Å². The number of benzene rings is 2. The van der Waals surface area contributed by atoms with Crippen LogP contribution in [-0.2, 0) is 16.0 Å². The predicted molar refractivity (Wildman–Crippen MR) is 132 cm³/mol. The zero-order chi connectivity index (χ0) is 24.1. The van der Waals surface area contributed by atoms with Crippen LogP contribution in [0.4, 0.5) is 0 Å². The highest BCUT2D eigenvalue weighted by Gasteiger charge is 2.28. The van der Waals surface area contributed by atoms with E-state index in [1.807, 2.05) is 75.4 Å². The zero-order valence-corrected chi connectivity index (χ0v) is 20.4. The van der Waals surface area contributed by atoms with Crippen molar-refractivity contribution in [1.82, 2.24) is 10.2 Å². The van der Waals surface area contributed by atoms with E-state index in [2.05, 4.69) is 5.32 Å². The van der Waals surface area contributed by atoms with Gasteiger partial charge in [-0.05, 0) is 62.4 Å². The Kier molecular flexibility index (Phi) is 11.3. The second-order valence-corrected chi connectivity index (χ2v) is 8.19. The van der Waals surface area contributed by atoms with E-state index in [4.69, 9.17) is 9.47 Å². The number of ether oxygens (including phenoxy) is 2. The third-order valence-electron chi connectivity index (χ3n) is 5.73. The van der Waals surface area contributed by atoms with E-state index >= 15 is 0 Å². The van der Waals surface area contributed by atoms with Crippen molar-refractivity contribution in [3.8, 4) is 11.5 Å². The normalized spacial score (nSPS) is 12.5. The van der Waals surface area contributed by atoms with Gasteiger partial charge in [-0.15, -0.1) is 0 Å². The third kappa shape index (κ3) is 8.79. The molecule has 2 amide bonds. The first kappa shape index (κ1) is 26.2. The van der Waals surface area contributed by atoms with Crippen molar-refractivity contribution in [2.75, 3.05) is 20.3 Å². The topological polar surface area (TPSA) is 67.9 Å². The minimum absolute atomic E-state index is 0.0181. The number of nitrogens with zero attached hydrogens (tertiary/aromatic N) is 1. The van der Waals surface area contributed by atoms with Gasteiger partial charge >= 0.3 is 0 Å². The molecular formula is C27H38N2O4. The van der Waals surface area contributed by atoms with Crippen LogP contribution in [0.25, 0.3) is 0 Å². The number of rotatable bonds is 14. The lowest BCUT2D eigenvalue weighted by Crippen LogP contribution is -2.51. The molecule has 1 N–H and O–H groups in total. The maximum Gasteiger partial charge on any atom is 0.243 e. The molecule has 0 heterocycles. The molecule has 0 bridgehead atoms. The van der Waals surface area contributed by atoms with Crippen molar-refractivity contribution in [1.29, 1.82) is 0 Å². The highest BCUT2D eigenvalue weighted by Crippen LogP contribution is 2.18. The van der Waals surface area contributed by atoms with Crippen LogP contribution in [-0.4, -0.2) is 49.1 Å². The Bertz CT molecular complexity index is 839. The van der Waals surface area contributed by atoms with Crippen LogP contribution >= 0.6 is 0 Å². The second-order valence-electron chi connectivity index (χ2n) is 8.19. The minimum Gasteiger partial charge on any atom is -0.497 e. The predicted octanol–water partition coefficient (Wildman–Crippen LogP) is 4.62. The Balaban J connectivity index is 1.98. The molecule has 0 radical (unpaired) electrons. The smallest absolute Gasteiger partial charge is 0.243 e. The molecule has 0 saturated carbocycles. The highest BCUT2D eigenvalue weighted by atomic mass is 16.5. The molecule has 0 fully saturated rings. The number of nitrogens with one attached hydrogen (secondary N) is 1. The summed E-state index contributed by atoms with van der Waals surface area (Å²) >= 11 is 0. The maximum atomic E-state index is 13.2. The van der Waals surface area contributed by atoms with Crippen LogP contribution in [0.15, 0.2) is 54.6 Å². The van der Waals surface area contributed by atoms with E-state index in [1.54, 1.807) is 12.0 Å². The maximum absolute atomic E-state index is 13.2. The summed E-state index contributed by atoms with van der Waals surface area (Å²) in [7, 11) is 1.62. The highest BCUT2D eigenvalue weighted by molar-refractivity contribution is 5.87. The Morgan fingerprint density at radius 2 is 1.64 bits per heavy atom. The average molecular weight is 455 g/mol. The molecule has 0 spiro atoms. The van der Waals surface area contributed by atoms with Gasteiger partial charge in [0.25, 0.3) is 0 Å². The first-order valence-corrected chi connectivity index (χ1v) is 11.9. The summed E-state index contributed by atoms with van der Waals surface area (Å²) in [6, 6.07) is 17.0. The van der Waals surface area contributed by atoms with E-state index in [1.165, 1.54) is 0 Å². The number of methoxy groups -OCH3 is 1. The molecule has 2 aromatic carbocycles. The Hall–Kier alpha value is -3.02. The standard InChI is InChI=1S/C27H38N2O4/c1-5-21(3)28-27(31)25(6-2)29(19-18-22-11-8-7-9-12-22)26(30)13-10-20-33-24-16-14-23(32-4)15-17-24/h7-9,11-12,14-17,21,25H,5-6,10,13,18-20H2,1-4H3,(H,28,31)/t21-,25+/m0/s1. The van der Waals surface area contributed by atoms with E-state index in [0.717, 1.165) is 23.5 Å². The van der Waals surface area contributed by atoms with Gasteiger partial charge in [0.2, 0.25) is 11.8 Å². The summed E-state index contributed by atoms with van der Waals surface area (Å²) in [6.45, 7) is 6.91. The summed E-state index contributed by atoms with van der Waals surface area (Å²) in [6.07, 6.45) is 3.05. The lowest BCUT2D eigenvalue weighted by molar-refractivity contribution is -0.141. The van der Waals surface area contributed by atoms with Crippen molar-refractivity contribution in [2.24, 2.45) is 0 Å². The van der Waals surface area contributed by atoms with Crippen LogP contribution in [0, 0.1) is 0 Å². The van der Waals surface area contributed by atoms with Gasteiger partial charge in [0.05, 0.1) is 13.7 Å². The Morgan fingerprint density at radius 1 is 0.970 bits per heavy atom. The number of hydrogen-bond donors (Lipinski definition) is 1. The number of hydrogen-bond acceptors (Lipinski definition) is 4. The van der Waals surface area contributed by atoms with Crippen LogP contribution < -0.4 is 14.8 Å². The lowest BCUT2D eigenvalue weighted by Gasteiger charge is -2.31. The molecule has 0 aliphatic carbocycles. The third-order valence-corrected chi connectivity index (χ3v) is 5.73. The number of carbonyl (C=O) groups excluding carboxylic acids is 2. The quantitative estimate of drug-likeness (QED) is 0.423. The van der Waals surface area contributed by atoms with Gasteiger partial charge in [-0.3, -0.25) is 9.59 Å². The van der Waals surface area contributed by atoms with Crippen LogP contribution in [0.2, 0.25) is 0 Å². The van der Waals surface area contributed by atoms with Gasteiger partial charge in [0.15, 0.2) is 0 Å². The molecule has 0 unspecified atom stereocenters. The number of carbonyl (C=O) groups is 2. The molecule has 6 heteroatoms. The van der Waals surface area contributed by atoms with E-state index in [-0.39, 0.29) is 17.9 Å². The van der Waals surface area contributed by atoms with Crippen molar-refractivity contribution in [3.05, 3.63) is 60.2 Å². The van der Waals surface area contributed by atoms with Gasteiger partial charge in [0.1, 0.15) is 17.5 Å². The summed E-state index contributed by atoms with van der Waals surface area (Å²) in [5.74, 6) is 1.41. The van der Waals surface area contributed by atoms with Crippen LogP contribution in [0.3, 0.4) is 0 Å². The van der Waals surface area contributed by atoms with Crippen molar-refractivity contribution in [3.63, 3.8) is 0 Å². The largest absolute Gasteiger partial charge is 0.497 e. The van der Waals surface area contributed by atoms with Crippen molar-refractivity contribution in [2.45, 2.75) is 65.0 Å². The summed E-state index contributed by atoms with van der Waals surface area (Å²) in [5.41, 5.74) is 1.15. The first-order chi connectivity index (χ1) is 16.0. The first-order valence-electron chi connectivity index (χ1n) is 11.9. The van der Waals surface area contributed by atoms with Gasteiger partial charge in [-0.2, -0.15) is 0 Å². The monoisotopic (exact) mass is 454 g/mol. The molecule has 2 aromatic rings. The average Bonchev–Trinajstić information content (AvgIpc) is 2.85. The molecule has 2 rings (SSSR count). The fourth-order valence-corrected chi connectivity index (χ4v) is 3.57. The fraction of sp³-hybridized carbons (Fsp3) is 0.481. The SMILES string of the molecule is CC[C@H](C(=O)N[C@@H](C)CC)N(CCc1ccccc1)C(=O)CCCOc1ccc(OC)cc1. The zero-order valence-electron chi connectivity index (χ0n) is 20.4. The summed E-state index contributed by atoms with van der Waals surface area (Å²) in [4.78, 5) is 27.9. The lowest BCUT2D eigenvalue weighted by atomic mass is 10.1. The molecular weight excluding hydrogens is 416 g/mol. The molecule has 0 aliphatic heterocycles. The molecule has 0 saturated heterocycles. The molecule has 0 aliphatic rings. The molecule has 180 valence electrons. The Labute approximate surface area is 198 Å². The van der Waals surface area contributed by atoms with Gasteiger partial charge in [-0.25, -0.2) is 0 Å². The van der Waals surface area contributed by atoms with E-state index < -0.39 is 6.04 Å². The number of amides is 2. The van der Waals surface area contributed by atoms with E-state index in [0.29, 0.717) is 38.8 Å². The second kappa shape index (κ2) is 14.2. The summed E-state index contributed by atoms with van der Waals surface area (Å²) in [5, 5.41) is 3.04. The van der Waals surface area contributed by atoms with Gasteiger partial charge < -0.3 is 19.7 Å². The van der Waals surface area contributed by atoms with E-state index in [9.17, 15) is 9.59 Å².